The van der Waals surface area contributed by atoms with Crippen LogP contribution in [0.4, 0.5) is 0 Å². The van der Waals surface area contributed by atoms with Crippen molar-refractivity contribution in [1.29, 1.82) is 0 Å². The van der Waals surface area contributed by atoms with E-state index in [1.165, 1.54) is 0 Å². The van der Waals surface area contributed by atoms with Crippen molar-refractivity contribution < 1.29 is 13.2 Å². The smallest absolute Gasteiger partial charge is 0.214 e. The quantitative estimate of drug-likeness (QED) is 0.818. The maximum atomic E-state index is 11.8. The van der Waals surface area contributed by atoms with Crippen LogP contribution in [0.25, 0.3) is 0 Å². The number of carbonyl (C=O) groups is 1. The summed E-state index contributed by atoms with van der Waals surface area (Å²) in [6.45, 7) is 5.29. The van der Waals surface area contributed by atoms with Gasteiger partial charge < -0.3 is 0 Å². The van der Waals surface area contributed by atoms with Crippen molar-refractivity contribution in [3.63, 3.8) is 0 Å². The average molecular weight is 247 g/mol. The van der Waals surface area contributed by atoms with Gasteiger partial charge in [0, 0.05) is 5.41 Å². The lowest BCUT2D eigenvalue weighted by Crippen LogP contribution is -2.39. The molecule has 94 valence electrons. The van der Waals surface area contributed by atoms with Gasteiger partial charge in [0.1, 0.15) is 0 Å². The largest absolute Gasteiger partial charge is 0.298 e. The summed E-state index contributed by atoms with van der Waals surface area (Å²) < 4.78 is 26.0. The van der Waals surface area contributed by atoms with Crippen LogP contribution >= 0.6 is 0 Å². The van der Waals surface area contributed by atoms with Gasteiger partial charge in [-0.3, -0.25) is 4.79 Å². The molecular formula is C11H21NO3S. The second-order valence-electron chi connectivity index (χ2n) is 5.45. The molecule has 0 aliphatic heterocycles. The summed E-state index contributed by atoms with van der Waals surface area (Å²) in [6.07, 6.45) is 3.38. The molecule has 0 aromatic carbocycles. The first-order valence-electron chi connectivity index (χ1n) is 5.75. The second kappa shape index (κ2) is 4.84. The predicted octanol–water partition coefficient (Wildman–Crippen LogP) is 1.46. The summed E-state index contributed by atoms with van der Waals surface area (Å²) in [7, 11) is -3.29. The van der Waals surface area contributed by atoms with Gasteiger partial charge in [0.25, 0.3) is 0 Å². The molecule has 1 N–H and O–H groups in total. The lowest BCUT2D eigenvalue weighted by Gasteiger charge is -2.18. The highest BCUT2D eigenvalue weighted by atomic mass is 32.2. The topological polar surface area (TPSA) is 63.2 Å². The van der Waals surface area contributed by atoms with Crippen molar-refractivity contribution in [3.05, 3.63) is 0 Å². The maximum Gasteiger partial charge on any atom is 0.214 e. The van der Waals surface area contributed by atoms with Crippen molar-refractivity contribution in [2.75, 3.05) is 6.54 Å². The molecule has 0 atom stereocenters. The van der Waals surface area contributed by atoms with E-state index < -0.39 is 15.4 Å². The summed E-state index contributed by atoms with van der Waals surface area (Å²) in [4.78, 5) is 11.6. The van der Waals surface area contributed by atoms with Crippen molar-refractivity contribution in [2.45, 2.75) is 51.7 Å². The Morgan fingerprint density at radius 2 is 1.75 bits per heavy atom. The molecule has 0 spiro atoms. The fourth-order valence-corrected chi connectivity index (χ4v) is 3.27. The van der Waals surface area contributed by atoms with Crippen LogP contribution < -0.4 is 4.72 Å². The van der Waals surface area contributed by atoms with Gasteiger partial charge in [-0.2, -0.15) is 0 Å². The Kier molecular flexibility index (Phi) is 4.12. The minimum absolute atomic E-state index is 0.0749. The molecule has 0 aromatic rings. The van der Waals surface area contributed by atoms with E-state index in [1.807, 2.05) is 0 Å². The summed E-state index contributed by atoms with van der Waals surface area (Å²) in [5.74, 6) is -0.0749. The SMILES string of the molecule is CC(C)(C)C(=O)CNS(=O)(=O)C1CCCC1. The summed E-state index contributed by atoms with van der Waals surface area (Å²) >= 11 is 0. The van der Waals surface area contributed by atoms with Crippen molar-refractivity contribution in [2.24, 2.45) is 5.41 Å². The van der Waals surface area contributed by atoms with Gasteiger partial charge in [0.2, 0.25) is 10.0 Å². The van der Waals surface area contributed by atoms with Crippen LogP contribution in [0.1, 0.15) is 46.5 Å². The molecule has 0 aromatic heterocycles. The van der Waals surface area contributed by atoms with Gasteiger partial charge in [0.05, 0.1) is 11.8 Å². The zero-order valence-corrected chi connectivity index (χ0v) is 11.1. The van der Waals surface area contributed by atoms with E-state index in [0.29, 0.717) is 0 Å². The number of sulfonamides is 1. The Morgan fingerprint density at radius 1 is 1.25 bits per heavy atom. The molecular weight excluding hydrogens is 226 g/mol. The molecule has 4 nitrogen and oxygen atoms in total. The third kappa shape index (κ3) is 3.56. The highest BCUT2D eigenvalue weighted by Gasteiger charge is 2.30. The van der Waals surface area contributed by atoms with Crippen LogP contribution in [0.3, 0.4) is 0 Å². The van der Waals surface area contributed by atoms with E-state index in [9.17, 15) is 13.2 Å². The fraction of sp³-hybridized carbons (Fsp3) is 0.909. The molecule has 1 aliphatic carbocycles. The molecule has 5 heteroatoms. The van der Waals surface area contributed by atoms with Crippen LogP contribution in [0, 0.1) is 5.41 Å². The molecule has 1 fully saturated rings. The van der Waals surface area contributed by atoms with Gasteiger partial charge in [-0.1, -0.05) is 33.6 Å². The van der Waals surface area contributed by atoms with E-state index in [2.05, 4.69) is 4.72 Å². The number of hydrogen-bond acceptors (Lipinski definition) is 3. The van der Waals surface area contributed by atoms with Gasteiger partial charge in [-0.25, -0.2) is 13.1 Å². The molecule has 0 radical (unpaired) electrons. The van der Waals surface area contributed by atoms with E-state index >= 15 is 0 Å². The highest BCUT2D eigenvalue weighted by molar-refractivity contribution is 7.90. The summed E-state index contributed by atoms with van der Waals surface area (Å²) in [5.41, 5.74) is -0.488. The number of Topliss-reactive ketones (excluding diaryl/α,β-unsaturated/α-hetero) is 1. The first-order chi connectivity index (χ1) is 7.23. The Balaban J connectivity index is 2.51. The Bertz CT molecular complexity index is 348. The lowest BCUT2D eigenvalue weighted by atomic mass is 9.91. The molecule has 0 heterocycles. The first-order valence-corrected chi connectivity index (χ1v) is 7.30. The fourth-order valence-electron chi connectivity index (χ4n) is 1.75. The molecule has 0 bridgehead atoms. The average Bonchev–Trinajstić information content (AvgIpc) is 2.65. The first kappa shape index (κ1) is 13.6. The monoisotopic (exact) mass is 247 g/mol. The zero-order chi connectivity index (χ0) is 12.4. The number of rotatable bonds is 4. The summed E-state index contributed by atoms with van der Waals surface area (Å²) in [5, 5.41) is -0.291. The summed E-state index contributed by atoms with van der Waals surface area (Å²) in [6, 6.07) is 0. The number of hydrogen-bond donors (Lipinski definition) is 1. The molecule has 1 saturated carbocycles. The molecule has 1 aliphatic rings. The van der Waals surface area contributed by atoms with Crippen LogP contribution in [0.15, 0.2) is 0 Å². The number of nitrogens with one attached hydrogen (secondary N) is 1. The van der Waals surface area contributed by atoms with E-state index in [4.69, 9.17) is 0 Å². The molecule has 1 rings (SSSR count). The van der Waals surface area contributed by atoms with E-state index in [1.54, 1.807) is 20.8 Å². The van der Waals surface area contributed by atoms with Gasteiger partial charge in [0.15, 0.2) is 5.78 Å². The van der Waals surface area contributed by atoms with Crippen LogP contribution in [0.5, 0.6) is 0 Å². The van der Waals surface area contributed by atoms with Crippen LogP contribution in [-0.4, -0.2) is 26.0 Å². The van der Waals surface area contributed by atoms with Crippen LogP contribution in [-0.2, 0) is 14.8 Å². The van der Waals surface area contributed by atoms with E-state index in [-0.39, 0.29) is 17.6 Å². The van der Waals surface area contributed by atoms with Crippen molar-refractivity contribution in [1.82, 2.24) is 4.72 Å². The van der Waals surface area contributed by atoms with Crippen LogP contribution in [0.2, 0.25) is 0 Å². The number of carbonyl (C=O) groups excluding carboxylic acids is 1. The minimum atomic E-state index is -3.29. The third-order valence-electron chi connectivity index (χ3n) is 3.01. The zero-order valence-electron chi connectivity index (χ0n) is 10.2. The lowest BCUT2D eigenvalue weighted by molar-refractivity contribution is -0.125. The third-order valence-corrected chi connectivity index (χ3v) is 4.91. The molecule has 0 amide bonds. The normalized spacial score (nSPS) is 18.9. The number of ketones is 1. The standard InChI is InChI=1S/C11H21NO3S/c1-11(2,3)10(13)8-12-16(14,15)9-6-4-5-7-9/h9,12H,4-8H2,1-3H3. The van der Waals surface area contributed by atoms with Gasteiger partial charge in [-0.05, 0) is 12.8 Å². The van der Waals surface area contributed by atoms with Crippen molar-refractivity contribution >= 4 is 15.8 Å². The molecule has 0 saturated heterocycles. The Labute approximate surface area is 97.9 Å². The maximum absolute atomic E-state index is 11.8. The predicted molar refractivity (Wildman–Crippen MR) is 63.6 cm³/mol. The van der Waals surface area contributed by atoms with Gasteiger partial charge >= 0.3 is 0 Å². The Morgan fingerprint density at radius 3 is 2.19 bits per heavy atom. The Hall–Kier alpha value is -0.420. The highest BCUT2D eigenvalue weighted by Crippen LogP contribution is 2.24. The van der Waals surface area contributed by atoms with Gasteiger partial charge in [-0.15, -0.1) is 0 Å². The minimum Gasteiger partial charge on any atom is -0.298 e. The van der Waals surface area contributed by atoms with Crippen molar-refractivity contribution in [3.8, 4) is 0 Å². The molecule has 16 heavy (non-hydrogen) atoms. The second-order valence-corrected chi connectivity index (χ2v) is 7.49. The van der Waals surface area contributed by atoms with E-state index in [0.717, 1.165) is 25.7 Å². The molecule has 0 unspecified atom stereocenters.